The summed E-state index contributed by atoms with van der Waals surface area (Å²) in [5, 5.41) is 2.85. The van der Waals surface area contributed by atoms with E-state index < -0.39 is 6.04 Å². The molecule has 1 aliphatic carbocycles. The monoisotopic (exact) mass is 381 g/mol. The van der Waals surface area contributed by atoms with Gasteiger partial charge >= 0.3 is 0 Å². The molecule has 1 aromatic carbocycles. The fourth-order valence-electron chi connectivity index (χ4n) is 4.48. The number of hydrogen-bond acceptors (Lipinski definition) is 4. The number of anilines is 2. The van der Waals surface area contributed by atoms with Crippen LogP contribution in [0.25, 0.3) is 0 Å². The number of hydrogen-bond donors (Lipinski definition) is 1. The van der Waals surface area contributed by atoms with Crippen molar-refractivity contribution < 1.29 is 14.4 Å². The molecule has 1 N–H and O–H groups in total. The molecule has 4 rings (SSSR count). The molecule has 2 fully saturated rings. The van der Waals surface area contributed by atoms with Crippen molar-refractivity contribution in [3.8, 4) is 0 Å². The summed E-state index contributed by atoms with van der Waals surface area (Å²) in [6.45, 7) is 3.76. The fourth-order valence-corrected chi connectivity index (χ4v) is 4.48. The Kier molecular flexibility index (Phi) is 5.20. The summed E-state index contributed by atoms with van der Waals surface area (Å²) >= 11 is 0. The summed E-state index contributed by atoms with van der Waals surface area (Å²) in [5.41, 5.74) is 1.84. The van der Waals surface area contributed by atoms with Gasteiger partial charge in [-0.2, -0.15) is 0 Å². The number of carbonyl (C=O) groups is 3. The largest absolute Gasteiger partial charge is 0.372 e. The van der Waals surface area contributed by atoms with Crippen LogP contribution in [0, 0.1) is 11.8 Å². The Bertz CT molecular complexity index is 770. The molecule has 0 aromatic heterocycles. The standard InChI is InChI=1S/C22H27N3O3/c1-15(25-21(27)18-7-3-4-8-19(18)22(25)28)20(26)23-16-9-11-17(12-10-16)24-13-5-2-6-14-24/h3-4,9-12,15,18-19H,2,5-8,13-14H2,1H3,(H,23,26)/t15-,18-,19+/m0/s1. The molecule has 3 amide bonds. The normalized spacial score (nSPS) is 25.6. The Balaban J connectivity index is 1.40. The molecule has 1 aromatic rings. The van der Waals surface area contributed by atoms with Gasteiger partial charge in [-0.3, -0.25) is 19.3 Å². The minimum absolute atomic E-state index is 0.220. The van der Waals surface area contributed by atoms with E-state index in [1.165, 1.54) is 24.2 Å². The van der Waals surface area contributed by atoms with Crippen LogP contribution in [0.4, 0.5) is 11.4 Å². The highest BCUT2D eigenvalue weighted by Gasteiger charge is 2.50. The number of nitrogens with zero attached hydrogens (tertiary/aromatic N) is 2. The number of rotatable bonds is 4. The summed E-state index contributed by atoms with van der Waals surface area (Å²) in [5.74, 6) is -1.39. The van der Waals surface area contributed by atoms with Crippen molar-refractivity contribution in [1.29, 1.82) is 0 Å². The van der Waals surface area contributed by atoms with Gasteiger partial charge in [-0.25, -0.2) is 0 Å². The van der Waals surface area contributed by atoms with Crippen LogP contribution in [-0.2, 0) is 14.4 Å². The van der Waals surface area contributed by atoms with Crippen molar-refractivity contribution in [3.63, 3.8) is 0 Å². The maximum atomic E-state index is 12.7. The number of nitrogens with one attached hydrogen (secondary N) is 1. The summed E-state index contributed by atoms with van der Waals surface area (Å²) in [4.78, 5) is 41.5. The molecule has 0 spiro atoms. The highest BCUT2D eigenvalue weighted by molar-refractivity contribution is 6.10. The molecular formula is C22H27N3O3. The van der Waals surface area contributed by atoms with Gasteiger partial charge in [-0.15, -0.1) is 0 Å². The predicted molar refractivity (Wildman–Crippen MR) is 108 cm³/mol. The molecule has 0 radical (unpaired) electrons. The Morgan fingerprint density at radius 3 is 2.11 bits per heavy atom. The Hall–Kier alpha value is -2.63. The summed E-state index contributed by atoms with van der Waals surface area (Å²) in [6.07, 6.45) is 8.77. The highest BCUT2D eigenvalue weighted by Crippen LogP contribution is 2.36. The number of piperidine rings is 1. The molecule has 2 heterocycles. The van der Waals surface area contributed by atoms with E-state index in [0.29, 0.717) is 18.5 Å². The third-order valence-corrected chi connectivity index (χ3v) is 6.16. The molecule has 3 atom stereocenters. The van der Waals surface area contributed by atoms with Gasteiger partial charge in [0, 0.05) is 24.5 Å². The number of likely N-dealkylation sites (tertiary alicyclic amines) is 1. The van der Waals surface area contributed by atoms with Crippen LogP contribution >= 0.6 is 0 Å². The zero-order chi connectivity index (χ0) is 19.7. The maximum Gasteiger partial charge on any atom is 0.247 e. The zero-order valence-electron chi connectivity index (χ0n) is 16.3. The fraction of sp³-hybridized carbons (Fsp3) is 0.500. The smallest absolute Gasteiger partial charge is 0.247 e. The van der Waals surface area contributed by atoms with Gasteiger partial charge in [0.05, 0.1) is 11.8 Å². The second-order valence-corrected chi connectivity index (χ2v) is 7.96. The first-order valence-electron chi connectivity index (χ1n) is 10.2. The van der Waals surface area contributed by atoms with E-state index in [1.807, 2.05) is 36.4 Å². The predicted octanol–water partition coefficient (Wildman–Crippen LogP) is 2.96. The van der Waals surface area contributed by atoms with E-state index in [2.05, 4.69) is 10.2 Å². The number of carbonyl (C=O) groups excluding carboxylic acids is 3. The second-order valence-electron chi connectivity index (χ2n) is 7.96. The van der Waals surface area contributed by atoms with Gasteiger partial charge in [0.15, 0.2) is 0 Å². The maximum absolute atomic E-state index is 12.7. The van der Waals surface area contributed by atoms with Gasteiger partial charge in [0.25, 0.3) is 0 Å². The van der Waals surface area contributed by atoms with Crippen molar-refractivity contribution >= 4 is 29.1 Å². The number of allylic oxidation sites excluding steroid dienone is 2. The third-order valence-electron chi connectivity index (χ3n) is 6.16. The Labute approximate surface area is 165 Å². The molecule has 2 saturated heterocycles. The van der Waals surface area contributed by atoms with Crippen LogP contribution < -0.4 is 10.2 Å². The minimum atomic E-state index is -0.813. The average Bonchev–Trinajstić information content (AvgIpc) is 2.99. The summed E-state index contributed by atoms with van der Waals surface area (Å²) in [7, 11) is 0. The lowest BCUT2D eigenvalue weighted by Gasteiger charge is -2.29. The Morgan fingerprint density at radius 2 is 1.54 bits per heavy atom. The van der Waals surface area contributed by atoms with E-state index >= 15 is 0 Å². The van der Waals surface area contributed by atoms with Crippen LogP contribution in [0.1, 0.15) is 39.0 Å². The quantitative estimate of drug-likeness (QED) is 0.643. The lowest BCUT2D eigenvalue weighted by Crippen LogP contribution is -2.46. The van der Waals surface area contributed by atoms with Crippen molar-refractivity contribution in [3.05, 3.63) is 36.4 Å². The highest BCUT2D eigenvalue weighted by atomic mass is 16.2. The SMILES string of the molecule is C[C@@H](C(=O)Nc1ccc(N2CCCCC2)cc1)N1C(=O)[C@H]2CC=CC[C@H]2C1=O. The summed E-state index contributed by atoms with van der Waals surface area (Å²) in [6, 6.07) is 6.97. The van der Waals surface area contributed by atoms with Crippen molar-refractivity contribution in [2.45, 2.75) is 45.1 Å². The van der Waals surface area contributed by atoms with Crippen LogP contribution in [0.2, 0.25) is 0 Å². The molecule has 0 unspecified atom stereocenters. The van der Waals surface area contributed by atoms with Crippen molar-refractivity contribution in [1.82, 2.24) is 4.90 Å². The molecule has 6 nitrogen and oxygen atoms in total. The molecule has 2 aliphatic heterocycles. The number of amides is 3. The van der Waals surface area contributed by atoms with E-state index in [0.717, 1.165) is 18.8 Å². The second kappa shape index (κ2) is 7.78. The topological polar surface area (TPSA) is 69.7 Å². The van der Waals surface area contributed by atoms with Crippen LogP contribution in [0.3, 0.4) is 0 Å². The van der Waals surface area contributed by atoms with E-state index in [1.54, 1.807) is 6.92 Å². The van der Waals surface area contributed by atoms with E-state index in [-0.39, 0.29) is 29.6 Å². The van der Waals surface area contributed by atoms with Gasteiger partial charge in [0.1, 0.15) is 6.04 Å². The van der Waals surface area contributed by atoms with Crippen molar-refractivity contribution in [2.24, 2.45) is 11.8 Å². The first-order chi connectivity index (χ1) is 13.6. The molecule has 0 saturated carbocycles. The number of fused-ring (bicyclic) bond motifs is 1. The molecule has 0 bridgehead atoms. The third kappa shape index (κ3) is 3.43. The average molecular weight is 381 g/mol. The van der Waals surface area contributed by atoms with E-state index in [9.17, 15) is 14.4 Å². The molecule has 148 valence electrons. The van der Waals surface area contributed by atoms with Crippen molar-refractivity contribution in [2.75, 3.05) is 23.3 Å². The lowest BCUT2D eigenvalue weighted by molar-refractivity contribution is -0.146. The van der Waals surface area contributed by atoms with E-state index in [4.69, 9.17) is 0 Å². The number of imide groups is 1. The Morgan fingerprint density at radius 1 is 0.964 bits per heavy atom. The van der Waals surface area contributed by atoms with Crippen LogP contribution in [-0.4, -0.2) is 41.8 Å². The molecule has 3 aliphatic rings. The summed E-state index contributed by atoms with van der Waals surface area (Å²) < 4.78 is 0. The number of benzene rings is 1. The van der Waals surface area contributed by atoms with Crippen LogP contribution in [0.5, 0.6) is 0 Å². The zero-order valence-corrected chi connectivity index (χ0v) is 16.3. The van der Waals surface area contributed by atoms with Gasteiger partial charge < -0.3 is 10.2 Å². The van der Waals surface area contributed by atoms with Gasteiger partial charge in [0.2, 0.25) is 17.7 Å². The molecule has 28 heavy (non-hydrogen) atoms. The van der Waals surface area contributed by atoms with Crippen LogP contribution in [0.15, 0.2) is 36.4 Å². The van der Waals surface area contributed by atoms with Gasteiger partial charge in [-0.1, -0.05) is 12.2 Å². The first-order valence-corrected chi connectivity index (χ1v) is 10.2. The minimum Gasteiger partial charge on any atom is -0.372 e. The molecule has 6 heteroatoms. The first kappa shape index (κ1) is 18.7. The van der Waals surface area contributed by atoms with Gasteiger partial charge in [-0.05, 0) is 63.3 Å². The molecular weight excluding hydrogens is 354 g/mol. The lowest BCUT2D eigenvalue weighted by atomic mass is 9.85.